The minimum absolute atomic E-state index is 0.0363. The van der Waals surface area contributed by atoms with E-state index in [-0.39, 0.29) is 11.9 Å². The van der Waals surface area contributed by atoms with E-state index in [1.807, 2.05) is 69.6 Å². The summed E-state index contributed by atoms with van der Waals surface area (Å²) in [4.78, 5) is 19.2. The van der Waals surface area contributed by atoms with Gasteiger partial charge in [-0.15, -0.1) is 11.3 Å². The lowest BCUT2D eigenvalue weighted by atomic mass is 10.1. The zero-order valence-corrected chi connectivity index (χ0v) is 17.4. The lowest BCUT2D eigenvalue weighted by Gasteiger charge is -2.25. The molecular weight excluding hydrogens is 370 g/mol. The molecule has 1 unspecified atom stereocenters. The first-order chi connectivity index (χ1) is 13.5. The fraction of sp³-hybridized carbons (Fsp3) is 0.273. The van der Waals surface area contributed by atoms with Crippen LogP contribution in [0.25, 0.3) is 10.6 Å². The van der Waals surface area contributed by atoms with Crippen molar-refractivity contribution >= 4 is 17.2 Å². The molecule has 3 rings (SSSR count). The van der Waals surface area contributed by atoms with E-state index in [0.29, 0.717) is 12.2 Å². The van der Waals surface area contributed by atoms with E-state index in [4.69, 9.17) is 4.74 Å². The van der Waals surface area contributed by atoms with Gasteiger partial charge in [0.05, 0.1) is 13.2 Å². The number of nitrogens with one attached hydrogen (secondary N) is 1. The van der Waals surface area contributed by atoms with E-state index in [1.165, 1.54) is 16.9 Å². The van der Waals surface area contributed by atoms with Crippen LogP contribution in [-0.2, 0) is 0 Å². The number of hydrogen-bond acceptors (Lipinski definition) is 5. The van der Waals surface area contributed by atoms with Gasteiger partial charge in [0.25, 0.3) is 5.91 Å². The predicted octanol–water partition coefficient (Wildman–Crippen LogP) is 4.16. The first kappa shape index (κ1) is 20.0. The molecule has 146 valence electrons. The Labute approximate surface area is 170 Å². The molecule has 5 nitrogen and oxygen atoms in total. The third-order valence-electron chi connectivity index (χ3n) is 4.59. The van der Waals surface area contributed by atoms with E-state index in [0.717, 1.165) is 21.9 Å². The molecule has 0 aliphatic carbocycles. The lowest BCUT2D eigenvalue weighted by Crippen LogP contribution is -2.34. The molecule has 1 N–H and O–H groups in total. The maximum absolute atomic E-state index is 12.6. The molecule has 0 saturated heterocycles. The highest BCUT2D eigenvalue weighted by molar-refractivity contribution is 7.13. The number of methoxy groups -OCH3 is 1. The van der Waals surface area contributed by atoms with E-state index < -0.39 is 0 Å². The van der Waals surface area contributed by atoms with E-state index in [1.54, 1.807) is 12.5 Å². The summed E-state index contributed by atoms with van der Waals surface area (Å²) in [6.07, 6.45) is 0. The fourth-order valence-corrected chi connectivity index (χ4v) is 3.74. The molecule has 28 heavy (non-hydrogen) atoms. The molecule has 0 aliphatic heterocycles. The summed E-state index contributed by atoms with van der Waals surface area (Å²) in [6, 6.07) is 16.1. The number of hydrogen-bond donors (Lipinski definition) is 1. The number of carbonyl (C=O) groups is 1. The molecule has 0 aliphatic rings. The van der Waals surface area contributed by atoms with Gasteiger partial charge in [-0.25, -0.2) is 4.98 Å². The van der Waals surface area contributed by atoms with Crippen molar-refractivity contribution in [3.05, 3.63) is 70.7 Å². The number of nitrogens with zero attached hydrogens (tertiary/aromatic N) is 2. The number of likely N-dealkylation sites (N-methyl/N-ethyl adjacent to an activating group) is 1. The van der Waals surface area contributed by atoms with Crippen molar-refractivity contribution in [1.82, 2.24) is 15.2 Å². The molecule has 0 bridgehead atoms. The quantitative estimate of drug-likeness (QED) is 0.653. The number of aromatic nitrogens is 1. The topological polar surface area (TPSA) is 54.5 Å². The van der Waals surface area contributed by atoms with Gasteiger partial charge in [0.15, 0.2) is 0 Å². The number of ether oxygens (including phenoxy) is 1. The van der Waals surface area contributed by atoms with Crippen molar-refractivity contribution in [2.24, 2.45) is 0 Å². The molecule has 1 amide bonds. The zero-order valence-electron chi connectivity index (χ0n) is 16.6. The van der Waals surface area contributed by atoms with Crippen LogP contribution in [0.3, 0.4) is 0 Å². The monoisotopic (exact) mass is 395 g/mol. The maximum Gasteiger partial charge on any atom is 0.270 e. The Morgan fingerprint density at radius 2 is 1.96 bits per heavy atom. The van der Waals surface area contributed by atoms with Crippen molar-refractivity contribution in [2.75, 3.05) is 27.7 Å². The van der Waals surface area contributed by atoms with Crippen LogP contribution in [0.5, 0.6) is 5.75 Å². The second kappa shape index (κ2) is 8.99. The summed E-state index contributed by atoms with van der Waals surface area (Å²) in [6.45, 7) is 2.53. The normalized spacial score (nSPS) is 12.0. The second-order valence-electron chi connectivity index (χ2n) is 6.87. The van der Waals surface area contributed by atoms with E-state index in [9.17, 15) is 4.79 Å². The molecule has 1 heterocycles. The Balaban J connectivity index is 1.69. The van der Waals surface area contributed by atoms with Gasteiger partial charge in [-0.3, -0.25) is 4.79 Å². The predicted molar refractivity (Wildman–Crippen MR) is 114 cm³/mol. The average Bonchev–Trinajstić information content (AvgIpc) is 3.19. The van der Waals surface area contributed by atoms with Gasteiger partial charge in [-0.1, -0.05) is 42.0 Å². The first-order valence-electron chi connectivity index (χ1n) is 9.09. The van der Waals surface area contributed by atoms with Gasteiger partial charge < -0.3 is 15.0 Å². The van der Waals surface area contributed by atoms with Gasteiger partial charge >= 0.3 is 0 Å². The number of amides is 1. The fourth-order valence-electron chi connectivity index (χ4n) is 2.93. The van der Waals surface area contributed by atoms with Crippen molar-refractivity contribution in [3.63, 3.8) is 0 Å². The molecule has 6 heteroatoms. The molecule has 3 aromatic rings. The zero-order chi connectivity index (χ0) is 20.1. The van der Waals surface area contributed by atoms with Gasteiger partial charge in [0.1, 0.15) is 16.5 Å². The van der Waals surface area contributed by atoms with Crippen LogP contribution in [0.15, 0.2) is 53.9 Å². The number of aryl methyl sites for hydroxylation is 1. The van der Waals surface area contributed by atoms with E-state index in [2.05, 4.69) is 15.2 Å². The molecule has 1 atom stereocenters. The SMILES string of the molecule is COc1cccc(C(CNC(=O)c2csc(-c3ccc(C)cc3)n2)N(C)C)c1. The van der Waals surface area contributed by atoms with Crippen molar-refractivity contribution in [1.29, 1.82) is 0 Å². The van der Waals surface area contributed by atoms with Crippen molar-refractivity contribution < 1.29 is 9.53 Å². The molecule has 2 aromatic carbocycles. The number of rotatable bonds is 7. The van der Waals surface area contributed by atoms with Crippen molar-refractivity contribution in [2.45, 2.75) is 13.0 Å². The van der Waals surface area contributed by atoms with Crippen LogP contribution < -0.4 is 10.1 Å². The van der Waals surface area contributed by atoms with Gasteiger partial charge in [0.2, 0.25) is 0 Å². The Morgan fingerprint density at radius 3 is 2.64 bits per heavy atom. The molecule has 0 radical (unpaired) electrons. The lowest BCUT2D eigenvalue weighted by molar-refractivity contribution is 0.0937. The van der Waals surface area contributed by atoms with Gasteiger partial charge in [-0.05, 0) is 38.7 Å². The molecule has 0 saturated carbocycles. The molecule has 0 spiro atoms. The maximum atomic E-state index is 12.6. The Morgan fingerprint density at radius 1 is 1.21 bits per heavy atom. The Bertz CT molecular complexity index is 935. The standard InChI is InChI=1S/C22H25N3O2S/c1-15-8-10-16(11-9-15)22-24-19(14-28-22)21(26)23-13-20(25(2)3)17-6-5-7-18(12-17)27-4/h5-12,14,20H,13H2,1-4H3,(H,23,26). The third-order valence-corrected chi connectivity index (χ3v) is 5.48. The number of carbonyl (C=O) groups excluding carboxylic acids is 1. The molecule has 0 fully saturated rings. The molecular formula is C22H25N3O2S. The van der Waals surface area contributed by atoms with Crippen LogP contribution in [0, 0.1) is 6.92 Å². The Kier molecular flexibility index (Phi) is 6.44. The van der Waals surface area contributed by atoms with Gasteiger partial charge in [0, 0.05) is 17.5 Å². The summed E-state index contributed by atoms with van der Waals surface area (Å²) >= 11 is 1.48. The molecule has 1 aromatic heterocycles. The summed E-state index contributed by atoms with van der Waals surface area (Å²) in [7, 11) is 5.64. The van der Waals surface area contributed by atoms with Gasteiger partial charge in [-0.2, -0.15) is 0 Å². The van der Waals surface area contributed by atoms with Crippen molar-refractivity contribution in [3.8, 4) is 16.3 Å². The van der Waals surface area contributed by atoms with Crippen LogP contribution in [0.2, 0.25) is 0 Å². The van der Waals surface area contributed by atoms with E-state index >= 15 is 0 Å². The third kappa shape index (κ3) is 4.77. The highest BCUT2D eigenvalue weighted by Gasteiger charge is 2.18. The number of benzene rings is 2. The minimum Gasteiger partial charge on any atom is -0.497 e. The largest absolute Gasteiger partial charge is 0.497 e. The highest BCUT2D eigenvalue weighted by Crippen LogP contribution is 2.25. The first-order valence-corrected chi connectivity index (χ1v) is 9.97. The average molecular weight is 396 g/mol. The summed E-state index contributed by atoms with van der Waals surface area (Å²) < 4.78 is 5.32. The van der Waals surface area contributed by atoms with Crippen LogP contribution in [0.4, 0.5) is 0 Å². The number of thiazole rings is 1. The van der Waals surface area contributed by atoms with Crippen LogP contribution >= 0.6 is 11.3 Å². The summed E-state index contributed by atoms with van der Waals surface area (Å²) in [5.74, 6) is 0.641. The second-order valence-corrected chi connectivity index (χ2v) is 7.73. The summed E-state index contributed by atoms with van der Waals surface area (Å²) in [5.41, 5.74) is 3.76. The van der Waals surface area contributed by atoms with Crippen LogP contribution in [-0.4, -0.2) is 43.5 Å². The minimum atomic E-state index is -0.163. The van der Waals surface area contributed by atoms with Crippen LogP contribution in [0.1, 0.15) is 27.7 Å². The highest BCUT2D eigenvalue weighted by atomic mass is 32.1. The Hall–Kier alpha value is -2.70. The smallest absolute Gasteiger partial charge is 0.270 e. The summed E-state index contributed by atoms with van der Waals surface area (Å²) in [5, 5.41) is 5.67.